The SMILES string of the molecule is COc1cc2nccc(Oc3ccc(NC(=O)c4nn(C5CC5)cc(-c5ccc(F)cc5)c4=O)cn3)c2cc1OC. The van der Waals surface area contributed by atoms with E-state index in [1.165, 1.54) is 30.5 Å². The van der Waals surface area contributed by atoms with Gasteiger partial charge in [-0.25, -0.2) is 9.37 Å². The van der Waals surface area contributed by atoms with Crippen molar-refractivity contribution in [3.63, 3.8) is 0 Å². The average molecular weight is 554 g/mol. The summed E-state index contributed by atoms with van der Waals surface area (Å²) in [6.07, 6.45) is 6.45. The van der Waals surface area contributed by atoms with E-state index in [1.54, 1.807) is 61.6 Å². The van der Waals surface area contributed by atoms with Crippen molar-refractivity contribution in [3.8, 4) is 34.3 Å². The molecule has 0 bridgehead atoms. The summed E-state index contributed by atoms with van der Waals surface area (Å²) < 4.78 is 31.8. The second-order valence-electron chi connectivity index (χ2n) is 9.41. The number of methoxy groups -OCH3 is 2. The molecule has 5 aromatic rings. The first kappa shape index (κ1) is 25.9. The predicted molar refractivity (Wildman–Crippen MR) is 149 cm³/mol. The first-order chi connectivity index (χ1) is 19.9. The Morgan fingerprint density at radius 3 is 2.41 bits per heavy atom. The highest BCUT2D eigenvalue weighted by molar-refractivity contribution is 6.03. The maximum atomic E-state index is 13.5. The van der Waals surface area contributed by atoms with Gasteiger partial charge in [0, 0.05) is 35.5 Å². The van der Waals surface area contributed by atoms with Crippen LogP contribution in [0.1, 0.15) is 29.4 Å². The number of carbonyl (C=O) groups is 1. The molecule has 6 rings (SSSR count). The molecule has 0 spiro atoms. The molecule has 0 unspecified atom stereocenters. The van der Waals surface area contributed by atoms with Crippen LogP contribution >= 0.6 is 0 Å². The number of nitrogens with zero attached hydrogens (tertiary/aromatic N) is 4. The molecular formula is C30H24FN5O5. The summed E-state index contributed by atoms with van der Waals surface area (Å²) in [6.45, 7) is 0. The molecule has 2 aromatic carbocycles. The molecule has 1 aliphatic carbocycles. The standard InChI is InChI=1S/C30H24FN5O5/c1-39-25-13-21-23(14-26(25)40-2)32-12-11-24(21)41-27-10-7-19(15-33-27)34-30(38)28-29(37)22(16-36(35-28)20-8-9-20)17-3-5-18(31)6-4-17/h3-7,10-16,20H,8-9H2,1-2H3,(H,34,38). The van der Waals surface area contributed by atoms with Gasteiger partial charge in [0.25, 0.3) is 5.91 Å². The molecule has 0 aliphatic heterocycles. The second kappa shape index (κ2) is 10.7. The number of carbonyl (C=O) groups excluding carboxylic acids is 1. The number of hydrogen-bond acceptors (Lipinski definition) is 8. The number of ether oxygens (including phenoxy) is 3. The van der Waals surface area contributed by atoms with Crippen molar-refractivity contribution in [2.45, 2.75) is 18.9 Å². The molecule has 1 amide bonds. The Balaban J connectivity index is 1.24. The largest absolute Gasteiger partial charge is 0.493 e. The van der Waals surface area contributed by atoms with E-state index in [4.69, 9.17) is 14.2 Å². The first-order valence-corrected chi connectivity index (χ1v) is 12.8. The summed E-state index contributed by atoms with van der Waals surface area (Å²) in [6, 6.07) is 14.1. The molecule has 3 aromatic heterocycles. The number of pyridine rings is 2. The van der Waals surface area contributed by atoms with E-state index >= 15 is 0 Å². The van der Waals surface area contributed by atoms with Crippen molar-refractivity contribution in [2.24, 2.45) is 0 Å². The van der Waals surface area contributed by atoms with Crippen LogP contribution in [0, 0.1) is 5.82 Å². The molecule has 1 N–H and O–H groups in total. The smallest absolute Gasteiger partial charge is 0.280 e. The fourth-order valence-corrected chi connectivity index (χ4v) is 4.37. The van der Waals surface area contributed by atoms with Crippen LogP contribution in [0.3, 0.4) is 0 Å². The van der Waals surface area contributed by atoms with E-state index in [9.17, 15) is 14.0 Å². The number of aromatic nitrogens is 4. The van der Waals surface area contributed by atoms with Crippen LogP contribution in [0.5, 0.6) is 23.1 Å². The highest BCUT2D eigenvalue weighted by atomic mass is 19.1. The average Bonchev–Trinajstić information content (AvgIpc) is 3.84. The number of benzene rings is 2. The van der Waals surface area contributed by atoms with Crippen LogP contribution < -0.4 is 25.0 Å². The Bertz CT molecular complexity index is 1820. The van der Waals surface area contributed by atoms with E-state index < -0.39 is 17.2 Å². The Morgan fingerprint density at radius 2 is 1.73 bits per heavy atom. The molecule has 0 saturated heterocycles. The van der Waals surface area contributed by atoms with Crippen LogP contribution in [0.15, 0.2) is 78.0 Å². The summed E-state index contributed by atoms with van der Waals surface area (Å²) in [5.41, 5.74) is 0.973. The normalized spacial score (nSPS) is 12.7. The van der Waals surface area contributed by atoms with Gasteiger partial charge in [0.2, 0.25) is 11.3 Å². The third-order valence-corrected chi connectivity index (χ3v) is 6.64. The maximum Gasteiger partial charge on any atom is 0.280 e. The van der Waals surface area contributed by atoms with Gasteiger partial charge in [0.1, 0.15) is 11.6 Å². The number of fused-ring (bicyclic) bond motifs is 1. The van der Waals surface area contributed by atoms with Gasteiger partial charge >= 0.3 is 0 Å². The molecule has 41 heavy (non-hydrogen) atoms. The van der Waals surface area contributed by atoms with Gasteiger partial charge in [-0.3, -0.25) is 19.3 Å². The fraction of sp³-hybridized carbons (Fsp3) is 0.167. The fourth-order valence-electron chi connectivity index (χ4n) is 4.37. The van der Waals surface area contributed by atoms with E-state index in [-0.39, 0.29) is 23.2 Å². The van der Waals surface area contributed by atoms with E-state index in [0.29, 0.717) is 39.4 Å². The van der Waals surface area contributed by atoms with E-state index in [2.05, 4.69) is 20.4 Å². The molecule has 206 valence electrons. The van der Waals surface area contributed by atoms with Gasteiger partial charge in [-0.2, -0.15) is 5.10 Å². The number of amides is 1. The Morgan fingerprint density at radius 1 is 0.976 bits per heavy atom. The topological polar surface area (TPSA) is 117 Å². The highest BCUT2D eigenvalue weighted by Gasteiger charge is 2.27. The minimum atomic E-state index is -0.676. The second-order valence-corrected chi connectivity index (χ2v) is 9.41. The Kier molecular flexibility index (Phi) is 6.76. The monoisotopic (exact) mass is 553 g/mol. The van der Waals surface area contributed by atoms with Crippen molar-refractivity contribution >= 4 is 22.5 Å². The lowest BCUT2D eigenvalue weighted by atomic mass is 10.1. The van der Waals surface area contributed by atoms with Crippen molar-refractivity contribution in [2.75, 3.05) is 19.5 Å². The molecule has 1 aliphatic rings. The zero-order valence-electron chi connectivity index (χ0n) is 22.1. The number of hydrogen-bond donors (Lipinski definition) is 1. The van der Waals surface area contributed by atoms with Crippen LogP contribution in [-0.2, 0) is 0 Å². The van der Waals surface area contributed by atoms with Gasteiger partial charge < -0.3 is 19.5 Å². The summed E-state index contributed by atoms with van der Waals surface area (Å²) in [5, 5.41) is 7.70. The Hall–Kier alpha value is -5.32. The molecular weight excluding hydrogens is 529 g/mol. The molecule has 11 heteroatoms. The molecule has 1 saturated carbocycles. The third-order valence-electron chi connectivity index (χ3n) is 6.64. The van der Waals surface area contributed by atoms with E-state index in [0.717, 1.165) is 12.8 Å². The quantitative estimate of drug-likeness (QED) is 0.272. The summed E-state index contributed by atoms with van der Waals surface area (Å²) in [7, 11) is 3.10. The zero-order valence-corrected chi connectivity index (χ0v) is 22.1. The Labute approximate surface area is 233 Å². The molecule has 0 radical (unpaired) electrons. The van der Waals surface area contributed by atoms with Gasteiger partial charge in [-0.05, 0) is 48.7 Å². The lowest BCUT2D eigenvalue weighted by Gasteiger charge is -2.12. The number of nitrogens with one attached hydrogen (secondary N) is 1. The van der Waals surface area contributed by atoms with Crippen LogP contribution in [-0.4, -0.2) is 39.9 Å². The van der Waals surface area contributed by atoms with Crippen molar-refractivity contribution < 1.29 is 23.4 Å². The molecule has 0 atom stereocenters. The molecule has 10 nitrogen and oxygen atoms in total. The van der Waals surface area contributed by atoms with Crippen molar-refractivity contribution in [1.82, 2.24) is 19.7 Å². The molecule has 3 heterocycles. The zero-order chi connectivity index (χ0) is 28.5. The van der Waals surface area contributed by atoms with Gasteiger partial charge in [0.05, 0.1) is 37.7 Å². The maximum absolute atomic E-state index is 13.5. The number of anilines is 1. The van der Waals surface area contributed by atoms with Gasteiger partial charge in [0.15, 0.2) is 17.2 Å². The van der Waals surface area contributed by atoms with Crippen molar-refractivity contribution in [1.29, 1.82) is 0 Å². The highest BCUT2D eigenvalue weighted by Crippen LogP contribution is 2.37. The molecule has 1 fully saturated rings. The minimum Gasteiger partial charge on any atom is -0.493 e. The van der Waals surface area contributed by atoms with E-state index in [1.807, 2.05) is 0 Å². The van der Waals surface area contributed by atoms with Crippen LogP contribution in [0.2, 0.25) is 0 Å². The lowest BCUT2D eigenvalue weighted by molar-refractivity contribution is 0.101. The summed E-state index contributed by atoms with van der Waals surface area (Å²) in [4.78, 5) is 35.1. The summed E-state index contributed by atoms with van der Waals surface area (Å²) >= 11 is 0. The third kappa shape index (κ3) is 5.29. The van der Waals surface area contributed by atoms with Crippen LogP contribution in [0.4, 0.5) is 10.1 Å². The van der Waals surface area contributed by atoms with Gasteiger partial charge in [-0.15, -0.1) is 0 Å². The van der Waals surface area contributed by atoms with Crippen molar-refractivity contribution in [3.05, 3.63) is 94.9 Å². The minimum absolute atomic E-state index is 0.116. The van der Waals surface area contributed by atoms with Gasteiger partial charge in [-0.1, -0.05) is 12.1 Å². The first-order valence-electron chi connectivity index (χ1n) is 12.8. The predicted octanol–water partition coefficient (Wildman–Crippen LogP) is 5.39. The lowest BCUT2D eigenvalue weighted by Crippen LogP contribution is -2.27. The van der Waals surface area contributed by atoms with Crippen LogP contribution in [0.25, 0.3) is 22.0 Å². The number of halogens is 1. The number of rotatable bonds is 8. The summed E-state index contributed by atoms with van der Waals surface area (Å²) in [5.74, 6) is 0.761.